The van der Waals surface area contributed by atoms with Crippen molar-refractivity contribution in [3.63, 3.8) is 0 Å². The van der Waals surface area contributed by atoms with E-state index in [0.29, 0.717) is 18.1 Å². The molecule has 0 radical (unpaired) electrons. The van der Waals surface area contributed by atoms with Gasteiger partial charge in [-0.3, -0.25) is 4.79 Å². The van der Waals surface area contributed by atoms with E-state index in [0.717, 1.165) is 20.0 Å². The number of thioether (sulfide) groups is 2. The van der Waals surface area contributed by atoms with Gasteiger partial charge < -0.3 is 9.47 Å². The van der Waals surface area contributed by atoms with Crippen molar-refractivity contribution < 1.29 is 14.3 Å². The molecule has 0 aliphatic heterocycles. The van der Waals surface area contributed by atoms with E-state index in [1.54, 1.807) is 31.2 Å². The smallest absolute Gasteiger partial charge is 0.250 e. The highest BCUT2D eigenvalue weighted by molar-refractivity contribution is 8.03. The SMILES string of the molecule is CCOc1ccc(/C=N\NC(=O)CSc2nnc(SCc3cccc4ccccc34)s2)cc1OC. The molecule has 0 spiro atoms. The molecule has 3 aromatic carbocycles. The summed E-state index contributed by atoms with van der Waals surface area (Å²) in [5, 5.41) is 15.0. The summed E-state index contributed by atoms with van der Waals surface area (Å²) < 4.78 is 12.5. The molecule has 0 atom stereocenters. The molecule has 1 N–H and O–H groups in total. The lowest BCUT2D eigenvalue weighted by Gasteiger charge is -2.09. The third kappa shape index (κ3) is 6.97. The number of carbonyl (C=O) groups is 1. The second-order valence-electron chi connectivity index (χ2n) is 7.19. The minimum absolute atomic E-state index is 0.201. The molecule has 10 heteroatoms. The zero-order valence-corrected chi connectivity index (χ0v) is 21.7. The number of nitrogens with one attached hydrogen (secondary N) is 1. The monoisotopic (exact) mass is 524 g/mol. The van der Waals surface area contributed by atoms with E-state index in [4.69, 9.17) is 9.47 Å². The van der Waals surface area contributed by atoms with Gasteiger partial charge in [0.2, 0.25) is 0 Å². The maximum atomic E-state index is 12.2. The maximum Gasteiger partial charge on any atom is 0.250 e. The fraction of sp³-hybridized carbons (Fsp3) is 0.200. The molecule has 0 unspecified atom stereocenters. The largest absolute Gasteiger partial charge is 0.493 e. The molecule has 1 aromatic heterocycles. The molecule has 180 valence electrons. The van der Waals surface area contributed by atoms with Gasteiger partial charge in [-0.2, -0.15) is 5.10 Å². The summed E-state index contributed by atoms with van der Waals surface area (Å²) in [7, 11) is 1.58. The lowest BCUT2D eigenvalue weighted by atomic mass is 10.1. The van der Waals surface area contributed by atoms with Crippen molar-refractivity contribution in [1.82, 2.24) is 15.6 Å². The highest BCUT2D eigenvalue weighted by Crippen LogP contribution is 2.32. The molecule has 7 nitrogen and oxygen atoms in total. The van der Waals surface area contributed by atoms with E-state index >= 15 is 0 Å². The molecule has 1 heterocycles. The topological polar surface area (TPSA) is 85.7 Å². The fourth-order valence-electron chi connectivity index (χ4n) is 3.25. The first-order chi connectivity index (χ1) is 17.2. The Bertz CT molecular complexity index is 1320. The average Bonchev–Trinajstić information content (AvgIpc) is 3.35. The van der Waals surface area contributed by atoms with Crippen LogP contribution >= 0.6 is 34.9 Å². The third-order valence-electron chi connectivity index (χ3n) is 4.84. The van der Waals surface area contributed by atoms with Crippen LogP contribution in [0, 0.1) is 0 Å². The van der Waals surface area contributed by atoms with Crippen molar-refractivity contribution in [3.8, 4) is 11.5 Å². The maximum absolute atomic E-state index is 12.2. The number of amides is 1. The van der Waals surface area contributed by atoms with Gasteiger partial charge in [0, 0.05) is 5.75 Å². The predicted octanol–water partition coefficient (Wildman–Crippen LogP) is 5.63. The van der Waals surface area contributed by atoms with Gasteiger partial charge >= 0.3 is 0 Å². The minimum Gasteiger partial charge on any atom is -0.493 e. The Morgan fingerprint density at radius 3 is 2.69 bits per heavy atom. The van der Waals surface area contributed by atoms with E-state index in [1.807, 2.05) is 25.1 Å². The molecule has 1 amide bonds. The van der Waals surface area contributed by atoms with E-state index in [9.17, 15) is 4.79 Å². The predicted molar refractivity (Wildman–Crippen MR) is 144 cm³/mol. The molecule has 0 aliphatic rings. The Morgan fingerprint density at radius 2 is 1.86 bits per heavy atom. The van der Waals surface area contributed by atoms with Gasteiger partial charge in [-0.25, -0.2) is 5.43 Å². The minimum atomic E-state index is -0.218. The number of methoxy groups -OCH3 is 1. The number of benzene rings is 3. The number of fused-ring (bicyclic) bond motifs is 1. The molecule has 0 bridgehead atoms. The molecule has 4 aromatic rings. The van der Waals surface area contributed by atoms with Crippen LogP contribution in [0.3, 0.4) is 0 Å². The summed E-state index contributed by atoms with van der Waals surface area (Å²) >= 11 is 4.48. The summed E-state index contributed by atoms with van der Waals surface area (Å²) in [6, 6.07) is 20.2. The van der Waals surface area contributed by atoms with Gasteiger partial charge in [-0.05, 0) is 47.0 Å². The van der Waals surface area contributed by atoms with Crippen LogP contribution in [0.15, 0.2) is 74.4 Å². The lowest BCUT2D eigenvalue weighted by molar-refractivity contribution is -0.118. The summed E-state index contributed by atoms with van der Waals surface area (Å²) in [4.78, 5) is 12.2. The Morgan fingerprint density at radius 1 is 1.06 bits per heavy atom. The zero-order valence-electron chi connectivity index (χ0n) is 19.3. The van der Waals surface area contributed by atoms with Gasteiger partial charge in [-0.1, -0.05) is 77.3 Å². The van der Waals surface area contributed by atoms with Gasteiger partial charge in [-0.15, -0.1) is 10.2 Å². The van der Waals surface area contributed by atoms with E-state index in [1.165, 1.54) is 39.4 Å². The molecule has 0 saturated heterocycles. The van der Waals surface area contributed by atoms with Crippen LogP contribution in [0.1, 0.15) is 18.1 Å². The first-order valence-corrected chi connectivity index (χ1v) is 13.6. The van der Waals surface area contributed by atoms with Crippen molar-refractivity contribution in [2.24, 2.45) is 5.10 Å². The normalized spacial score (nSPS) is 11.1. The molecular weight excluding hydrogens is 501 g/mol. The lowest BCUT2D eigenvalue weighted by Crippen LogP contribution is -2.19. The quantitative estimate of drug-likeness (QED) is 0.155. The molecule has 4 rings (SSSR count). The van der Waals surface area contributed by atoms with Crippen LogP contribution in [0.5, 0.6) is 11.5 Å². The van der Waals surface area contributed by atoms with Crippen molar-refractivity contribution in [2.45, 2.75) is 21.4 Å². The van der Waals surface area contributed by atoms with Gasteiger partial charge in [0.25, 0.3) is 5.91 Å². The summed E-state index contributed by atoms with van der Waals surface area (Å²) in [6.07, 6.45) is 1.56. The van der Waals surface area contributed by atoms with Gasteiger partial charge in [0.15, 0.2) is 20.2 Å². The number of ether oxygens (including phenoxy) is 2. The summed E-state index contributed by atoms with van der Waals surface area (Å²) in [6.45, 7) is 2.46. The summed E-state index contributed by atoms with van der Waals surface area (Å²) in [5.41, 5.74) is 4.59. The Hall–Kier alpha value is -3.08. The average molecular weight is 525 g/mol. The first kappa shape index (κ1) is 25.0. The number of hydrogen-bond donors (Lipinski definition) is 1. The van der Waals surface area contributed by atoms with Crippen LogP contribution in [0.4, 0.5) is 0 Å². The van der Waals surface area contributed by atoms with E-state index < -0.39 is 0 Å². The van der Waals surface area contributed by atoms with Crippen molar-refractivity contribution >= 4 is 57.8 Å². The zero-order chi connectivity index (χ0) is 24.5. The number of rotatable bonds is 11. The number of hydrazone groups is 1. The van der Waals surface area contributed by atoms with Gasteiger partial charge in [0.05, 0.1) is 25.7 Å². The van der Waals surface area contributed by atoms with E-state index in [-0.39, 0.29) is 11.7 Å². The third-order valence-corrected chi connectivity index (χ3v) is 8.07. The highest BCUT2D eigenvalue weighted by Gasteiger charge is 2.10. The number of hydrogen-bond acceptors (Lipinski definition) is 9. The second kappa shape index (κ2) is 12.6. The van der Waals surface area contributed by atoms with Crippen LogP contribution in [-0.2, 0) is 10.5 Å². The van der Waals surface area contributed by atoms with Crippen molar-refractivity contribution in [2.75, 3.05) is 19.5 Å². The molecule has 0 aliphatic carbocycles. The fourth-order valence-corrected chi connectivity index (χ4v) is 6.07. The second-order valence-corrected chi connectivity index (χ2v) is 10.6. The van der Waals surface area contributed by atoms with E-state index in [2.05, 4.69) is 57.1 Å². The first-order valence-electron chi connectivity index (χ1n) is 10.8. The Kier molecular flexibility index (Phi) is 8.99. The molecular formula is C25H24N4O3S3. The van der Waals surface area contributed by atoms with Crippen LogP contribution in [0.2, 0.25) is 0 Å². The van der Waals surface area contributed by atoms with Crippen LogP contribution < -0.4 is 14.9 Å². The molecule has 35 heavy (non-hydrogen) atoms. The molecule has 0 saturated carbocycles. The van der Waals surface area contributed by atoms with Crippen LogP contribution in [-0.4, -0.2) is 41.8 Å². The number of aromatic nitrogens is 2. The number of carbonyl (C=O) groups excluding carboxylic acids is 1. The van der Waals surface area contributed by atoms with Crippen molar-refractivity contribution in [3.05, 3.63) is 71.8 Å². The molecule has 0 fully saturated rings. The highest BCUT2D eigenvalue weighted by atomic mass is 32.2. The number of nitrogens with zero attached hydrogens (tertiary/aromatic N) is 3. The Balaban J connectivity index is 1.24. The standard InChI is InChI=1S/C25H24N4O3S3/c1-3-32-21-12-11-17(13-22(21)31-2)14-26-27-23(30)16-34-25-29-28-24(35-25)33-15-19-9-6-8-18-7-4-5-10-20(18)19/h4-14H,3,15-16H2,1-2H3,(H,27,30)/b26-14-. The van der Waals surface area contributed by atoms with Crippen LogP contribution in [0.25, 0.3) is 10.8 Å². The van der Waals surface area contributed by atoms with Gasteiger partial charge in [0.1, 0.15) is 0 Å². The Labute approximate surface area is 216 Å². The van der Waals surface area contributed by atoms with Crippen molar-refractivity contribution in [1.29, 1.82) is 0 Å². The summed E-state index contributed by atoms with van der Waals surface area (Å²) in [5.74, 6) is 2.07.